The molecule has 106 valence electrons. The molecule has 0 radical (unpaired) electrons. The Hall–Kier alpha value is -1.99. The van der Waals surface area contributed by atoms with E-state index >= 15 is 0 Å². The first-order chi connectivity index (χ1) is 8.80. The van der Waals surface area contributed by atoms with Crippen molar-refractivity contribution in [1.82, 2.24) is 10.3 Å². The number of nitrogen functional groups attached to an aromatic ring is 1. The second-order valence-corrected chi connectivity index (χ2v) is 3.92. The fourth-order valence-corrected chi connectivity index (χ4v) is 1.34. The Morgan fingerprint density at radius 2 is 2.11 bits per heavy atom. The highest BCUT2D eigenvalue weighted by Crippen LogP contribution is 2.31. The number of anilines is 2. The van der Waals surface area contributed by atoms with Crippen molar-refractivity contribution in [3.8, 4) is 0 Å². The molecule has 0 aliphatic carbocycles. The monoisotopic (exact) mass is 276 g/mol. The van der Waals surface area contributed by atoms with E-state index < -0.39 is 11.7 Å². The number of nitrogens with one attached hydrogen (secondary N) is 2. The number of aromatic nitrogens is 1. The van der Waals surface area contributed by atoms with Crippen molar-refractivity contribution in [1.29, 1.82) is 0 Å². The van der Waals surface area contributed by atoms with Crippen LogP contribution in [-0.4, -0.2) is 24.0 Å². The molecular weight excluding hydrogens is 261 g/mol. The highest BCUT2D eigenvalue weighted by molar-refractivity contribution is 5.72. The maximum absolute atomic E-state index is 12.4. The van der Waals surface area contributed by atoms with Gasteiger partial charge in [0.05, 0.1) is 11.3 Å². The minimum absolute atomic E-state index is 0.0608. The number of carbonyl (C=O) groups excluding carboxylic acids is 1. The zero-order chi connectivity index (χ0) is 14.5. The number of amides is 1. The summed E-state index contributed by atoms with van der Waals surface area (Å²) in [6.45, 7) is 2.33. The molecule has 4 N–H and O–H groups in total. The fourth-order valence-electron chi connectivity index (χ4n) is 1.34. The van der Waals surface area contributed by atoms with Gasteiger partial charge in [-0.25, -0.2) is 4.98 Å². The topological polar surface area (TPSA) is 80.0 Å². The molecule has 0 unspecified atom stereocenters. The smallest absolute Gasteiger partial charge is 0.396 e. The van der Waals surface area contributed by atoms with Gasteiger partial charge in [0.2, 0.25) is 5.91 Å². The van der Waals surface area contributed by atoms with Crippen LogP contribution in [0.2, 0.25) is 0 Å². The first-order valence-corrected chi connectivity index (χ1v) is 5.61. The van der Waals surface area contributed by atoms with Crippen LogP contribution in [-0.2, 0) is 11.0 Å². The van der Waals surface area contributed by atoms with Gasteiger partial charge in [-0.05, 0) is 12.5 Å². The Labute approximate surface area is 108 Å². The van der Waals surface area contributed by atoms with E-state index in [9.17, 15) is 18.0 Å². The van der Waals surface area contributed by atoms with Gasteiger partial charge in [-0.2, -0.15) is 13.2 Å². The first kappa shape index (κ1) is 15.1. The quantitative estimate of drug-likeness (QED) is 0.714. The molecule has 0 spiro atoms. The van der Waals surface area contributed by atoms with Gasteiger partial charge in [0.15, 0.2) is 0 Å². The number of hydrogen-bond donors (Lipinski definition) is 3. The molecule has 1 amide bonds. The van der Waals surface area contributed by atoms with Crippen molar-refractivity contribution in [2.24, 2.45) is 0 Å². The summed E-state index contributed by atoms with van der Waals surface area (Å²) in [6.07, 6.45) is -3.11. The van der Waals surface area contributed by atoms with Crippen molar-refractivity contribution in [2.45, 2.75) is 19.5 Å². The van der Waals surface area contributed by atoms with Crippen molar-refractivity contribution >= 4 is 17.4 Å². The van der Waals surface area contributed by atoms with Crippen molar-refractivity contribution in [3.05, 3.63) is 17.8 Å². The van der Waals surface area contributed by atoms with Gasteiger partial charge in [-0.1, -0.05) is 0 Å². The van der Waals surface area contributed by atoms with Gasteiger partial charge < -0.3 is 16.4 Å². The van der Waals surface area contributed by atoms with Gasteiger partial charge in [-0.3, -0.25) is 4.79 Å². The minimum Gasteiger partial charge on any atom is -0.396 e. The second-order valence-electron chi connectivity index (χ2n) is 3.92. The number of alkyl halides is 3. The molecule has 1 rings (SSSR count). The average molecular weight is 276 g/mol. The number of pyridine rings is 1. The van der Waals surface area contributed by atoms with E-state index in [1.54, 1.807) is 0 Å². The zero-order valence-electron chi connectivity index (χ0n) is 10.3. The molecule has 1 aromatic heterocycles. The Bertz CT molecular complexity index is 448. The van der Waals surface area contributed by atoms with Gasteiger partial charge in [0.25, 0.3) is 0 Å². The van der Waals surface area contributed by atoms with Crippen LogP contribution in [0.25, 0.3) is 0 Å². The lowest BCUT2D eigenvalue weighted by Gasteiger charge is -2.11. The third-order valence-electron chi connectivity index (χ3n) is 2.26. The summed E-state index contributed by atoms with van der Waals surface area (Å²) in [5.74, 6) is 0.0722. The lowest BCUT2D eigenvalue weighted by molar-refractivity contribution is -0.137. The first-order valence-electron chi connectivity index (χ1n) is 5.61. The average Bonchev–Trinajstić information content (AvgIpc) is 2.28. The van der Waals surface area contributed by atoms with Crippen molar-refractivity contribution in [2.75, 3.05) is 24.1 Å². The summed E-state index contributed by atoms with van der Waals surface area (Å²) in [5, 5.41) is 5.41. The molecule has 5 nitrogen and oxygen atoms in total. The summed E-state index contributed by atoms with van der Waals surface area (Å²) < 4.78 is 37.1. The summed E-state index contributed by atoms with van der Waals surface area (Å²) in [7, 11) is 0. The molecule has 0 saturated heterocycles. The third-order valence-corrected chi connectivity index (χ3v) is 2.26. The molecule has 0 aliphatic heterocycles. The minimum atomic E-state index is -4.45. The van der Waals surface area contributed by atoms with E-state index in [1.165, 1.54) is 6.92 Å². The predicted molar refractivity (Wildman–Crippen MR) is 65.4 cm³/mol. The summed E-state index contributed by atoms with van der Waals surface area (Å²) in [6, 6.07) is 0.836. The van der Waals surface area contributed by atoms with Crippen LogP contribution in [0.4, 0.5) is 24.7 Å². The van der Waals surface area contributed by atoms with Crippen molar-refractivity contribution < 1.29 is 18.0 Å². The second kappa shape index (κ2) is 6.26. The van der Waals surface area contributed by atoms with Crippen molar-refractivity contribution in [3.63, 3.8) is 0 Å². The highest BCUT2D eigenvalue weighted by atomic mass is 19.4. The van der Waals surface area contributed by atoms with Crippen LogP contribution >= 0.6 is 0 Å². The lowest BCUT2D eigenvalue weighted by atomic mass is 10.2. The number of halogens is 3. The van der Waals surface area contributed by atoms with Gasteiger partial charge >= 0.3 is 6.18 Å². The Morgan fingerprint density at radius 3 is 2.63 bits per heavy atom. The van der Waals surface area contributed by atoms with Crippen LogP contribution in [0.3, 0.4) is 0 Å². The largest absolute Gasteiger partial charge is 0.417 e. The molecular formula is C11H15F3N4O. The molecule has 0 atom stereocenters. The van der Waals surface area contributed by atoms with Crippen LogP contribution in [0, 0.1) is 0 Å². The number of rotatable bonds is 5. The standard InChI is InChI=1S/C11H15F3N4O/c1-7(19)16-3-2-4-17-10-9(15)5-8(6-18-10)11(12,13)14/h5-6H,2-4,15H2,1H3,(H,16,19)(H,17,18). The number of carbonyl (C=O) groups is 1. The van der Waals surface area contributed by atoms with Crippen LogP contribution in [0.5, 0.6) is 0 Å². The normalized spacial score (nSPS) is 11.2. The molecule has 0 fully saturated rings. The maximum Gasteiger partial charge on any atom is 0.417 e. The molecule has 1 aromatic rings. The summed E-state index contributed by atoms with van der Waals surface area (Å²) in [5.41, 5.74) is 4.54. The number of hydrogen-bond acceptors (Lipinski definition) is 4. The van der Waals surface area contributed by atoms with Gasteiger partial charge in [0.1, 0.15) is 5.82 Å². The van der Waals surface area contributed by atoms with E-state index in [4.69, 9.17) is 5.73 Å². The summed E-state index contributed by atoms with van der Waals surface area (Å²) in [4.78, 5) is 14.2. The Morgan fingerprint density at radius 1 is 1.42 bits per heavy atom. The maximum atomic E-state index is 12.4. The molecule has 0 aliphatic rings. The summed E-state index contributed by atoms with van der Waals surface area (Å²) >= 11 is 0. The predicted octanol–water partition coefficient (Wildman–Crippen LogP) is 1.62. The van der Waals surface area contributed by atoms with Crippen LogP contribution < -0.4 is 16.4 Å². The molecule has 0 bridgehead atoms. The fraction of sp³-hybridized carbons (Fsp3) is 0.455. The SMILES string of the molecule is CC(=O)NCCCNc1ncc(C(F)(F)F)cc1N. The molecule has 8 heteroatoms. The van der Waals surface area contributed by atoms with Gasteiger partial charge in [-0.15, -0.1) is 0 Å². The zero-order valence-corrected chi connectivity index (χ0v) is 10.3. The third kappa shape index (κ3) is 5.02. The van der Waals surface area contributed by atoms with E-state index in [2.05, 4.69) is 15.6 Å². The van der Waals surface area contributed by atoms with E-state index in [1.807, 2.05) is 0 Å². The van der Waals surface area contributed by atoms with Crippen LogP contribution in [0.15, 0.2) is 12.3 Å². The van der Waals surface area contributed by atoms with E-state index in [0.29, 0.717) is 19.5 Å². The number of nitrogens with zero attached hydrogens (tertiary/aromatic N) is 1. The van der Waals surface area contributed by atoms with E-state index in [-0.39, 0.29) is 17.4 Å². The molecule has 1 heterocycles. The van der Waals surface area contributed by atoms with E-state index in [0.717, 1.165) is 12.3 Å². The Kier molecular flexibility index (Phi) is 4.96. The Balaban J connectivity index is 2.49. The molecule has 0 saturated carbocycles. The van der Waals surface area contributed by atoms with Gasteiger partial charge in [0, 0.05) is 26.2 Å². The molecule has 19 heavy (non-hydrogen) atoms. The molecule has 0 aromatic carbocycles. The highest BCUT2D eigenvalue weighted by Gasteiger charge is 2.31. The van der Waals surface area contributed by atoms with Crippen LogP contribution in [0.1, 0.15) is 18.9 Å². The number of nitrogens with two attached hydrogens (primary N) is 1. The lowest BCUT2D eigenvalue weighted by Crippen LogP contribution is -2.23.